The van der Waals surface area contributed by atoms with Gasteiger partial charge >= 0.3 is 0 Å². The average Bonchev–Trinajstić information content (AvgIpc) is 2.78. The molecule has 4 nitrogen and oxygen atoms in total. The molecule has 0 aliphatic carbocycles. The molecule has 2 heterocycles. The van der Waals surface area contributed by atoms with E-state index in [1.165, 1.54) is 5.56 Å². The molecule has 14 heavy (non-hydrogen) atoms. The lowest BCUT2D eigenvalue weighted by Crippen LogP contribution is -2.12. The molecule has 0 bridgehead atoms. The largest absolute Gasteiger partial charge is 0.306 e. The predicted octanol–water partition coefficient (Wildman–Crippen LogP) is 1.46. The third-order valence-corrected chi connectivity index (χ3v) is 2.79. The van der Waals surface area contributed by atoms with Crippen LogP contribution in [-0.2, 0) is 13.1 Å². The predicted molar refractivity (Wildman–Crippen MR) is 56.0 cm³/mol. The highest BCUT2D eigenvalue weighted by molar-refractivity contribution is 7.09. The summed E-state index contributed by atoms with van der Waals surface area (Å²) < 4.78 is 0. The Bertz CT molecular complexity index is 379. The van der Waals surface area contributed by atoms with Crippen molar-refractivity contribution in [3.8, 4) is 0 Å². The Hall–Kier alpha value is -1.20. The number of rotatable bonds is 4. The van der Waals surface area contributed by atoms with Gasteiger partial charge in [0.15, 0.2) is 0 Å². The summed E-state index contributed by atoms with van der Waals surface area (Å²) in [5.74, 6) is 0. The zero-order valence-electron chi connectivity index (χ0n) is 7.95. The minimum atomic E-state index is 0.822. The summed E-state index contributed by atoms with van der Waals surface area (Å²) in [5.41, 5.74) is 2.33. The molecule has 0 saturated heterocycles. The Morgan fingerprint density at radius 3 is 3.07 bits per heavy atom. The van der Waals surface area contributed by atoms with Crippen LogP contribution < -0.4 is 5.32 Å². The second-order valence-corrected chi connectivity index (χ2v) is 4.03. The molecule has 0 amide bonds. The number of hydrogen-bond donors (Lipinski definition) is 2. The Morgan fingerprint density at radius 1 is 1.50 bits per heavy atom. The topological polar surface area (TPSA) is 53.6 Å². The number of nitrogens with one attached hydrogen (secondary N) is 2. The number of aromatic amines is 1. The Labute approximate surface area is 86.4 Å². The lowest BCUT2D eigenvalue weighted by Gasteiger charge is -2.00. The first-order valence-corrected chi connectivity index (χ1v) is 5.32. The Balaban J connectivity index is 1.81. The lowest BCUT2D eigenvalue weighted by atomic mass is 10.3. The SMILES string of the molecule is Cc1[nH]ncc1CNCc1nccs1. The van der Waals surface area contributed by atoms with Gasteiger partial charge in [-0.15, -0.1) is 11.3 Å². The van der Waals surface area contributed by atoms with Crippen LogP contribution in [0.4, 0.5) is 0 Å². The molecule has 0 spiro atoms. The van der Waals surface area contributed by atoms with Crippen LogP contribution in [0.5, 0.6) is 0 Å². The molecule has 0 aliphatic heterocycles. The maximum Gasteiger partial charge on any atom is 0.106 e. The Morgan fingerprint density at radius 2 is 2.43 bits per heavy atom. The van der Waals surface area contributed by atoms with E-state index in [1.807, 2.05) is 24.7 Å². The van der Waals surface area contributed by atoms with E-state index in [2.05, 4.69) is 20.5 Å². The lowest BCUT2D eigenvalue weighted by molar-refractivity contribution is 0.687. The first kappa shape index (κ1) is 9.36. The molecule has 0 saturated carbocycles. The third-order valence-electron chi connectivity index (χ3n) is 2.01. The minimum absolute atomic E-state index is 0.822. The van der Waals surface area contributed by atoms with E-state index < -0.39 is 0 Å². The summed E-state index contributed by atoms with van der Waals surface area (Å²) in [6, 6.07) is 0. The maximum absolute atomic E-state index is 4.19. The van der Waals surface area contributed by atoms with Gasteiger partial charge in [-0.2, -0.15) is 5.10 Å². The van der Waals surface area contributed by atoms with Crippen LogP contribution in [0, 0.1) is 6.92 Å². The number of aromatic nitrogens is 3. The van der Waals surface area contributed by atoms with Crippen molar-refractivity contribution in [3.63, 3.8) is 0 Å². The first-order chi connectivity index (χ1) is 6.86. The van der Waals surface area contributed by atoms with Gasteiger partial charge in [-0.1, -0.05) is 0 Å². The highest BCUT2D eigenvalue weighted by Gasteiger charge is 2.00. The quantitative estimate of drug-likeness (QED) is 0.800. The molecule has 0 aliphatic rings. The number of aryl methyl sites for hydroxylation is 1. The summed E-state index contributed by atoms with van der Waals surface area (Å²) in [6.45, 7) is 3.68. The zero-order chi connectivity index (χ0) is 9.80. The standard InChI is InChI=1S/C9H12N4S/c1-7-8(5-12-13-7)4-10-6-9-11-2-3-14-9/h2-3,5,10H,4,6H2,1H3,(H,12,13). The molecule has 2 N–H and O–H groups in total. The second kappa shape index (κ2) is 4.34. The van der Waals surface area contributed by atoms with Crippen molar-refractivity contribution in [3.05, 3.63) is 34.0 Å². The van der Waals surface area contributed by atoms with Crippen molar-refractivity contribution in [1.82, 2.24) is 20.5 Å². The van der Waals surface area contributed by atoms with Crippen molar-refractivity contribution < 1.29 is 0 Å². The molecule has 2 rings (SSSR count). The molecule has 5 heteroatoms. The van der Waals surface area contributed by atoms with Crippen LogP contribution in [0.15, 0.2) is 17.8 Å². The van der Waals surface area contributed by atoms with Crippen LogP contribution in [0.2, 0.25) is 0 Å². The van der Waals surface area contributed by atoms with Gasteiger partial charge in [0.2, 0.25) is 0 Å². The summed E-state index contributed by atoms with van der Waals surface area (Å²) >= 11 is 1.67. The maximum atomic E-state index is 4.19. The van der Waals surface area contributed by atoms with Crippen molar-refractivity contribution in [2.45, 2.75) is 20.0 Å². The van der Waals surface area contributed by atoms with Gasteiger partial charge < -0.3 is 5.32 Å². The fourth-order valence-corrected chi connectivity index (χ4v) is 1.78. The van der Waals surface area contributed by atoms with Crippen molar-refractivity contribution >= 4 is 11.3 Å². The number of thiazole rings is 1. The van der Waals surface area contributed by atoms with E-state index in [0.29, 0.717) is 0 Å². The molecule has 2 aromatic heterocycles. The first-order valence-electron chi connectivity index (χ1n) is 4.44. The second-order valence-electron chi connectivity index (χ2n) is 3.05. The smallest absolute Gasteiger partial charge is 0.106 e. The molecule has 0 aromatic carbocycles. The van der Waals surface area contributed by atoms with Crippen LogP contribution in [0.25, 0.3) is 0 Å². The van der Waals surface area contributed by atoms with E-state index in [4.69, 9.17) is 0 Å². The van der Waals surface area contributed by atoms with E-state index in [9.17, 15) is 0 Å². The van der Waals surface area contributed by atoms with Gasteiger partial charge in [0.25, 0.3) is 0 Å². The fraction of sp³-hybridized carbons (Fsp3) is 0.333. The molecule has 74 valence electrons. The monoisotopic (exact) mass is 208 g/mol. The highest BCUT2D eigenvalue weighted by atomic mass is 32.1. The van der Waals surface area contributed by atoms with E-state index >= 15 is 0 Å². The van der Waals surface area contributed by atoms with Crippen LogP contribution >= 0.6 is 11.3 Å². The van der Waals surface area contributed by atoms with Crippen LogP contribution in [0.3, 0.4) is 0 Å². The van der Waals surface area contributed by atoms with Gasteiger partial charge in [-0.25, -0.2) is 4.98 Å². The highest BCUT2D eigenvalue weighted by Crippen LogP contribution is 2.05. The van der Waals surface area contributed by atoms with Crippen molar-refractivity contribution in [2.75, 3.05) is 0 Å². The van der Waals surface area contributed by atoms with E-state index in [1.54, 1.807) is 11.3 Å². The van der Waals surface area contributed by atoms with Gasteiger partial charge in [-0.3, -0.25) is 5.10 Å². The fourth-order valence-electron chi connectivity index (χ4n) is 1.20. The van der Waals surface area contributed by atoms with Gasteiger partial charge in [0, 0.05) is 35.9 Å². The molecule has 0 atom stereocenters. The summed E-state index contributed by atoms with van der Waals surface area (Å²) in [6.07, 6.45) is 3.68. The van der Waals surface area contributed by atoms with Crippen LogP contribution in [0.1, 0.15) is 16.3 Å². The van der Waals surface area contributed by atoms with E-state index in [-0.39, 0.29) is 0 Å². The molecule has 0 fully saturated rings. The number of hydrogen-bond acceptors (Lipinski definition) is 4. The molecular weight excluding hydrogens is 196 g/mol. The number of H-pyrrole nitrogens is 1. The third kappa shape index (κ3) is 2.18. The summed E-state index contributed by atoms with van der Waals surface area (Å²) in [7, 11) is 0. The zero-order valence-corrected chi connectivity index (χ0v) is 8.77. The van der Waals surface area contributed by atoms with Gasteiger partial charge in [0.1, 0.15) is 5.01 Å². The van der Waals surface area contributed by atoms with Crippen molar-refractivity contribution in [1.29, 1.82) is 0 Å². The van der Waals surface area contributed by atoms with Gasteiger partial charge in [0.05, 0.1) is 6.20 Å². The minimum Gasteiger partial charge on any atom is -0.306 e. The molecule has 0 unspecified atom stereocenters. The van der Waals surface area contributed by atoms with Gasteiger partial charge in [-0.05, 0) is 6.92 Å². The molecule has 0 radical (unpaired) electrons. The van der Waals surface area contributed by atoms with E-state index in [0.717, 1.165) is 23.8 Å². The van der Waals surface area contributed by atoms with Crippen molar-refractivity contribution in [2.24, 2.45) is 0 Å². The summed E-state index contributed by atoms with van der Waals surface area (Å²) in [5, 5.41) is 13.3. The Kier molecular flexibility index (Phi) is 2.90. The van der Waals surface area contributed by atoms with Crippen LogP contribution in [-0.4, -0.2) is 15.2 Å². The number of nitrogens with zero attached hydrogens (tertiary/aromatic N) is 2. The molecular formula is C9H12N4S. The average molecular weight is 208 g/mol. The summed E-state index contributed by atoms with van der Waals surface area (Å²) in [4.78, 5) is 4.19. The normalized spacial score (nSPS) is 10.6. The molecule has 2 aromatic rings.